The number of H-pyrrole nitrogens is 1. The van der Waals surface area contributed by atoms with Gasteiger partial charge in [0.15, 0.2) is 0 Å². The number of aromatic nitrogens is 1. The molecule has 0 fully saturated rings. The molecule has 11 heteroatoms. The molecule has 1 heterocycles. The van der Waals surface area contributed by atoms with Gasteiger partial charge in [0.05, 0.1) is 11.1 Å². The van der Waals surface area contributed by atoms with Crippen LogP contribution in [0.15, 0.2) is 27.9 Å². The van der Waals surface area contributed by atoms with E-state index in [1.165, 1.54) is 6.07 Å². The fourth-order valence-corrected chi connectivity index (χ4v) is 4.86. The minimum atomic E-state index is -4.39. The standard InChI is InChI=1S/C13H14Cl2NO6PS/c1-3-7(2)22-23(18,19)11-4-8-5-12(24(15,20)21)9(14)6-10(8)16-13(11)17/h4-7H,3H2,1-2H3,(H,16,17)(H,18,19). The summed E-state index contributed by atoms with van der Waals surface area (Å²) in [7, 11) is -3.21. The molecule has 0 bridgehead atoms. The molecule has 2 aromatic rings. The van der Waals surface area contributed by atoms with Crippen molar-refractivity contribution in [2.75, 3.05) is 0 Å². The first-order chi connectivity index (χ1) is 11.0. The van der Waals surface area contributed by atoms with Gasteiger partial charge in [-0.1, -0.05) is 18.5 Å². The second-order valence-electron chi connectivity index (χ2n) is 5.14. The lowest BCUT2D eigenvalue weighted by Gasteiger charge is -2.16. The van der Waals surface area contributed by atoms with Crippen molar-refractivity contribution in [3.05, 3.63) is 33.6 Å². The molecule has 1 aromatic heterocycles. The van der Waals surface area contributed by atoms with Crippen LogP contribution in [0.1, 0.15) is 20.3 Å². The number of nitrogens with one attached hydrogen (secondary N) is 1. The zero-order valence-electron chi connectivity index (χ0n) is 12.6. The highest BCUT2D eigenvalue weighted by Crippen LogP contribution is 2.42. The average Bonchev–Trinajstić information content (AvgIpc) is 2.43. The Bertz CT molecular complexity index is 1000. The topological polar surface area (TPSA) is 114 Å². The van der Waals surface area contributed by atoms with Gasteiger partial charge in [0, 0.05) is 21.6 Å². The first-order valence-electron chi connectivity index (χ1n) is 6.78. The van der Waals surface area contributed by atoms with Gasteiger partial charge in [0.1, 0.15) is 10.2 Å². The molecule has 0 amide bonds. The van der Waals surface area contributed by atoms with Gasteiger partial charge in [0.25, 0.3) is 14.6 Å². The summed E-state index contributed by atoms with van der Waals surface area (Å²) in [6.07, 6.45) is -0.0692. The van der Waals surface area contributed by atoms with Crippen molar-refractivity contribution >= 4 is 55.1 Å². The van der Waals surface area contributed by atoms with Crippen LogP contribution in [0, 0.1) is 0 Å². The molecule has 2 rings (SSSR count). The second-order valence-corrected chi connectivity index (χ2v) is 9.81. The summed E-state index contributed by atoms with van der Waals surface area (Å²) in [5.41, 5.74) is -0.629. The van der Waals surface area contributed by atoms with Crippen LogP contribution < -0.4 is 10.9 Å². The van der Waals surface area contributed by atoms with Gasteiger partial charge >= 0.3 is 7.60 Å². The van der Waals surface area contributed by atoms with Crippen LogP contribution in [0.4, 0.5) is 0 Å². The van der Waals surface area contributed by atoms with Gasteiger partial charge in [-0.2, -0.15) is 0 Å². The first kappa shape index (κ1) is 19.4. The summed E-state index contributed by atoms with van der Waals surface area (Å²) >= 11 is 5.84. The van der Waals surface area contributed by atoms with E-state index in [9.17, 15) is 22.7 Å². The summed E-state index contributed by atoms with van der Waals surface area (Å²) in [4.78, 5) is 24.2. The quantitative estimate of drug-likeness (QED) is 0.575. The van der Waals surface area contributed by atoms with Gasteiger partial charge in [-0.25, -0.2) is 8.42 Å². The third kappa shape index (κ3) is 4.02. The predicted octanol–water partition coefficient (Wildman–Crippen LogP) is 2.73. The zero-order valence-corrected chi connectivity index (χ0v) is 15.8. The Labute approximate surface area is 147 Å². The molecule has 0 spiro atoms. The normalized spacial score (nSPS) is 16.0. The number of benzene rings is 1. The van der Waals surface area contributed by atoms with Gasteiger partial charge < -0.3 is 14.4 Å². The lowest BCUT2D eigenvalue weighted by atomic mass is 10.2. The van der Waals surface area contributed by atoms with Crippen molar-refractivity contribution < 1.29 is 22.4 Å². The molecule has 24 heavy (non-hydrogen) atoms. The van der Waals surface area contributed by atoms with E-state index in [0.717, 1.165) is 12.1 Å². The number of hydrogen-bond acceptors (Lipinski definition) is 5. The van der Waals surface area contributed by atoms with Crippen LogP contribution in [-0.4, -0.2) is 24.4 Å². The Morgan fingerprint density at radius 3 is 2.54 bits per heavy atom. The number of hydrogen-bond donors (Lipinski definition) is 2. The van der Waals surface area contributed by atoms with Crippen LogP contribution in [-0.2, 0) is 18.1 Å². The number of aromatic amines is 1. The second kappa shape index (κ2) is 6.78. The largest absolute Gasteiger partial charge is 0.364 e. The molecule has 2 unspecified atom stereocenters. The van der Waals surface area contributed by atoms with E-state index in [1.807, 2.05) is 0 Å². The lowest BCUT2D eigenvalue weighted by Crippen LogP contribution is -2.29. The molecule has 0 saturated heterocycles. The number of fused-ring (bicyclic) bond motifs is 1. The SMILES string of the molecule is CCC(C)OP(=O)(O)c1cc2cc(S(=O)(=O)Cl)c(Cl)cc2[nH]c1=O. The number of rotatable bonds is 5. The van der Waals surface area contributed by atoms with Gasteiger partial charge in [-0.15, -0.1) is 0 Å². The Morgan fingerprint density at radius 2 is 2.00 bits per heavy atom. The lowest BCUT2D eigenvalue weighted by molar-refractivity contribution is 0.192. The minimum absolute atomic E-state index is 0.176. The molecule has 2 atom stereocenters. The Hall–Kier alpha value is -0.890. The van der Waals surface area contributed by atoms with E-state index in [4.69, 9.17) is 26.8 Å². The molecule has 1 aromatic carbocycles. The fraction of sp³-hybridized carbons (Fsp3) is 0.308. The molecular weight excluding hydrogens is 400 g/mol. The van der Waals surface area contributed by atoms with Crippen LogP contribution >= 0.6 is 29.9 Å². The molecule has 0 radical (unpaired) electrons. The van der Waals surface area contributed by atoms with Crippen molar-refractivity contribution in [1.29, 1.82) is 0 Å². The van der Waals surface area contributed by atoms with Gasteiger partial charge in [0.2, 0.25) is 0 Å². The molecule has 2 N–H and O–H groups in total. The van der Waals surface area contributed by atoms with E-state index >= 15 is 0 Å². The summed E-state index contributed by atoms with van der Waals surface area (Å²) in [6, 6.07) is 3.41. The minimum Gasteiger partial charge on any atom is -0.321 e. The number of halogens is 2. The predicted molar refractivity (Wildman–Crippen MR) is 92.9 cm³/mol. The highest BCUT2D eigenvalue weighted by atomic mass is 35.7. The highest BCUT2D eigenvalue weighted by molar-refractivity contribution is 8.13. The Balaban J connectivity index is 2.70. The Morgan fingerprint density at radius 1 is 1.38 bits per heavy atom. The van der Waals surface area contributed by atoms with E-state index in [2.05, 4.69) is 4.98 Å². The molecule has 0 aliphatic rings. The van der Waals surface area contributed by atoms with Crippen molar-refractivity contribution in [2.45, 2.75) is 31.3 Å². The maximum Gasteiger partial charge on any atom is 0.364 e. The summed E-state index contributed by atoms with van der Waals surface area (Å²) in [5.74, 6) is 0. The van der Waals surface area contributed by atoms with Crippen molar-refractivity contribution in [2.24, 2.45) is 0 Å². The van der Waals surface area contributed by atoms with Crippen LogP contribution in [0.25, 0.3) is 10.9 Å². The molecular formula is C13H14Cl2NO6PS. The van der Waals surface area contributed by atoms with E-state index in [1.54, 1.807) is 13.8 Å². The average molecular weight is 414 g/mol. The summed E-state index contributed by atoms with van der Waals surface area (Å²) < 4.78 is 40.4. The zero-order chi connectivity index (χ0) is 18.3. The monoisotopic (exact) mass is 413 g/mol. The van der Waals surface area contributed by atoms with Crippen molar-refractivity contribution in [3.63, 3.8) is 0 Å². The highest BCUT2D eigenvalue weighted by Gasteiger charge is 2.29. The summed E-state index contributed by atoms with van der Waals surface area (Å²) in [6.45, 7) is 3.35. The maximum absolute atomic E-state index is 12.3. The maximum atomic E-state index is 12.3. The molecule has 0 aliphatic carbocycles. The third-order valence-corrected chi connectivity index (χ3v) is 6.72. The first-order valence-corrected chi connectivity index (χ1v) is 11.0. The van der Waals surface area contributed by atoms with Crippen molar-refractivity contribution in [1.82, 2.24) is 4.98 Å². The fourth-order valence-electron chi connectivity index (χ4n) is 1.97. The van der Waals surface area contributed by atoms with Crippen LogP contribution in [0.5, 0.6) is 0 Å². The van der Waals surface area contributed by atoms with E-state index in [-0.39, 0.29) is 20.8 Å². The smallest absolute Gasteiger partial charge is 0.321 e. The summed E-state index contributed by atoms with van der Waals surface area (Å²) in [5, 5.41) is -0.491. The molecule has 0 saturated carbocycles. The van der Waals surface area contributed by atoms with E-state index in [0.29, 0.717) is 6.42 Å². The number of pyridine rings is 1. The van der Waals surface area contributed by atoms with Crippen molar-refractivity contribution in [3.8, 4) is 0 Å². The van der Waals surface area contributed by atoms with Gasteiger partial charge in [-0.05, 0) is 31.5 Å². The van der Waals surface area contributed by atoms with Gasteiger partial charge in [-0.3, -0.25) is 9.36 Å². The molecule has 7 nitrogen and oxygen atoms in total. The molecule has 132 valence electrons. The molecule has 0 aliphatic heterocycles. The van der Waals surface area contributed by atoms with E-state index < -0.39 is 33.6 Å². The van der Waals surface area contributed by atoms with Crippen LogP contribution in [0.3, 0.4) is 0 Å². The third-order valence-electron chi connectivity index (χ3n) is 3.34. The Kier molecular flexibility index (Phi) is 5.49. The van der Waals surface area contributed by atoms with Crippen LogP contribution in [0.2, 0.25) is 5.02 Å².